The highest BCUT2D eigenvalue weighted by atomic mass is 32.3. The molecule has 310 valence electrons. The molecule has 1 N–H and O–H groups in total. The number of allylic oxidation sites excluding steroid dienone is 1. The Bertz CT molecular complexity index is 1070. The average molecular weight is 781 g/mol. The lowest BCUT2D eigenvalue weighted by Crippen LogP contribution is -2.15. The first-order valence-corrected chi connectivity index (χ1v) is 20.5. The smallest absolute Gasteiger partial charge is 0.397 e. The summed E-state index contributed by atoms with van der Waals surface area (Å²) in [7, 11) is -4.43. The van der Waals surface area contributed by atoms with Gasteiger partial charge in [-0.3, -0.25) is 4.55 Å². The molecular formula is C38H68O14S. The van der Waals surface area contributed by atoms with Gasteiger partial charge in [-0.2, -0.15) is 8.42 Å². The Labute approximate surface area is 319 Å². The molecule has 1 aromatic rings. The van der Waals surface area contributed by atoms with Crippen LogP contribution in [0.4, 0.5) is 0 Å². The van der Waals surface area contributed by atoms with Crippen molar-refractivity contribution in [3.63, 3.8) is 0 Å². The summed E-state index contributed by atoms with van der Waals surface area (Å²) in [6.45, 7) is 12.2. The molecule has 0 saturated heterocycles. The Morgan fingerprint density at radius 3 is 1.30 bits per heavy atom. The topological polar surface area (TPSA) is 156 Å². The van der Waals surface area contributed by atoms with Crippen molar-refractivity contribution in [3.8, 4) is 5.75 Å². The summed E-state index contributed by atoms with van der Waals surface area (Å²) in [5.74, 6) is 0.889. The number of hydrogen-bond acceptors (Lipinski definition) is 13. The highest BCUT2D eigenvalue weighted by molar-refractivity contribution is 7.80. The maximum Gasteiger partial charge on any atom is 0.397 e. The molecular weight excluding hydrogens is 712 g/mol. The first kappa shape index (κ1) is 49.3. The van der Waals surface area contributed by atoms with Crippen molar-refractivity contribution >= 4 is 16.5 Å². The van der Waals surface area contributed by atoms with Gasteiger partial charge in [0.25, 0.3) is 0 Å². The van der Waals surface area contributed by atoms with Gasteiger partial charge in [0.1, 0.15) is 12.4 Å². The zero-order valence-corrected chi connectivity index (χ0v) is 33.2. The molecule has 0 saturated carbocycles. The lowest BCUT2D eigenvalue weighted by molar-refractivity contribution is -0.0257. The molecule has 0 aromatic heterocycles. The van der Waals surface area contributed by atoms with Gasteiger partial charge < -0.3 is 47.4 Å². The molecule has 0 radical (unpaired) electrons. The van der Waals surface area contributed by atoms with Crippen LogP contribution in [0.1, 0.15) is 69.9 Å². The molecule has 0 spiro atoms. The fourth-order valence-corrected chi connectivity index (χ4v) is 5.03. The second-order valence-corrected chi connectivity index (χ2v) is 12.9. The van der Waals surface area contributed by atoms with Gasteiger partial charge in [0, 0.05) is 5.56 Å². The fourth-order valence-electron chi connectivity index (χ4n) is 4.75. The number of hydrogen-bond donors (Lipinski definition) is 1. The summed E-state index contributed by atoms with van der Waals surface area (Å²) in [6.07, 6.45) is 14.5. The SMILES string of the molecule is C/C=C/c1cc(CCCCCCCCC)ccc1OCCOCCOCCOCCOCCOCCOCCOCCOCCOCCOS(=O)(=O)O. The van der Waals surface area contributed by atoms with Crippen molar-refractivity contribution in [1.82, 2.24) is 0 Å². The van der Waals surface area contributed by atoms with Crippen LogP contribution in [-0.2, 0) is 63.6 Å². The van der Waals surface area contributed by atoms with Crippen LogP contribution in [0.25, 0.3) is 6.08 Å². The minimum atomic E-state index is -4.43. The molecule has 0 amide bonds. The van der Waals surface area contributed by atoms with Crippen LogP contribution in [0.15, 0.2) is 24.3 Å². The normalized spacial score (nSPS) is 12.0. The fraction of sp³-hybridized carbons (Fsp3) is 0.789. The molecule has 0 heterocycles. The number of unbranched alkanes of at least 4 members (excludes halogenated alkanes) is 6. The van der Waals surface area contributed by atoms with Crippen LogP contribution in [-0.4, -0.2) is 145 Å². The zero-order chi connectivity index (χ0) is 38.3. The van der Waals surface area contributed by atoms with E-state index in [-0.39, 0.29) is 19.8 Å². The summed E-state index contributed by atoms with van der Waals surface area (Å²) in [4.78, 5) is 0. The lowest BCUT2D eigenvalue weighted by Gasteiger charge is -2.12. The molecule has 53 heavy (non-hydrogen) atoms. The van der Waals surface area contributed by atoms with Gasteiger partial charge in [-0.25, -0.2) is 4.18 Å². The first-order chi connectivity index (χ1) is 26.0. The average Bonchev–Trinajstić information content (AvgIpc) is 3.14. The van der Waals surface area contributed by atoms with E-state index in [4.69, 9.17) is 51.9 Å². The largest absolute Gasteiger partial charge is 0.491 e. The number of aryl methyl sites for hydroxylation is 1. The molecule has 0 unspecified atom stereocenters. The third-order valence-electron chi connectivity index (χ3n) is 7.41. The molecule has 15 heteroatoms. The second kappa shape index (κ2) is 37.2. The van der Waals surface area contributed by atoms with E-state index in [0.717, 1.165) is 17.7 Å². The van der Waals surface area contributed by atoms with E-state index in [1.807, 2.05) is 13.0 Å². The molecule has 0 aliphatic rings. The van der Waals surface area contributed by atoms with Crippen molar-refractivity contribution in [2.45, 2.75) is 65.2 Å². The molecule has 14 nitrogen and oxygen atoms in total. The van der Waals surface area contributed by atoms with Gasteiger partial charge in [-0.15, -0.1) is 0 Å². The minimum Gasteiger partial charge on any atom is -0.491 e. The van der Waals surface area contributed by atoms with Gasteiger partial charge in [-0.1, -0.05) is 63.7 Å². The Morgan fingerprint density at radius 2 is 0.906 bits per heavy atom. The molecule has 0 fully saturated rings. The Kier molecular flexibility index (Phi) is 34.6. The van der Waals surface area contributed by atoms with Crippen molar-refractivity contribution < 1.29 is 64.5 Å². The van der Waals surface area contributed by atoms with Gasteiger partial charge in [0.15, 0.2) is 0 Å². The van der Waals surface area contributed by atoms with E-state index in [1.54, 1.807) is 0 Å². The van der Waals surface area contributed by atoms with Crippen LogP contribution in [0.5, 0.6) is 5.75 Å². The third-order valence-corrected chi connectivity index (χ3v) is 7.88. The van der Waals surface area contributed by atoms with E-state index < -0.39 is 10.4 Å². The van der Waals surface area contributed by atoms with E-state index in [2.05, 4.69) is 35.4 Å². The van der Waals surface area contributed by atoms with Crippen LogP contribution in [0.3, 0.4) is 0 Å². The van der Waals surface area contributed by atoms with Gasteiger partial charge in [0.05, 0.1) is 126 Å². The zero-order valence-electron chi connectivity index (χ0n) is 32.3. The minimum absolute atomic E-state index is 0.0315. The summed E-state index contributed by atoms with van der Waals surface area (Å²) < 4.78 is 88.2. The Morgan fingerprint density at radius 1 is 0.528 bits per heavy atom. The lowest BCUT2D eigenvalue weighted by atomic mass is 10.0. The van der Waals surface area contributed by atoms with E-state index in [0.29, 0.717) is 112 Å². The summed E-state index contributed by atoms with van der Waals surface area (Å²) in [5.41, 5.74) is 2.48. The summed E-state index contributed by atoms with van der Waals surface area (Å²) >= 11 is 0. The standard InChI is InChI=1S/C38H68O14S/c1-3-5-6-7-8-9-10-12-36-13-14-38(37(35-36)11-4-2)51-33-31-49-29-27-47-25-23-45-21-19-43-17-15-42-16-18-44-20-22-46-24-26-48-28-30-50-32-34-52-53(39,40)41/h4,11,13-14,35H,3,5-10,12,15-34H2,1-2H3,(H,39,40,41)/b11-4+. The number of ether oxygens (including phenoxy) is 10. The maximum atomic E-state index is 10.4. The molecule has 1 aromatic carbocycles. The maximum absolute atomic E-state index is 10.4. The van der Waals surface area contributed by atoms with E-state index in [9.17, 15) is 8.42 Å². The van der Waals surface area contributed by atoms with Crippen molar-refractivity contribution in [2.24, 2.45) is 0 Å². The van der Waals surface area contributed by atoms with Crippen LogP contribution < -0.4 is 4.74 Å². The molecule has 0 atom stereocenters. The van der Waals surface area contributed by atoms with Crippen molar-refractivity contribution in [1.29, 1.82) is 0 Å². The van der Waals surface area contributed by atoms with Gasteiger partial charge >= 0.3 is 10.4 Å². The molecule has 1 rings (SSSR count). The van der Waals surface area contributed by atoms with Crippen LogP contribution in [0, 0.1) is 0 Å². The first-order valence-electron chi connectivity index (χ1n) is 19.2. The van der Waals surface area contributed by atoms with Gasteiger partial charge in [-0.05, 0) is 37.5 Å². The third kappa shape index (κ3) is 34.5. The quantitative estimate of drug-likeness (QED) is 0.0670. The molecule has 0 bridgehead atoms. The predicted molar refractivity (Wildman–Crippen MR) is 203 cm³/mol. The number of rotatable bonds is 41. The van der Waals surface area contributed by atoms with Crippen LogP contribution >= 0.6 is 0 Å². The highest BCUT2D eigenvalue weighted by Crippen LogP contribution is 2.23. The molecule has 0 aliphatic carbocycles. The second-order valence-electron chi connectivity index (χ2n) is 11.9. The van der Waals surface area contributed by atoms with E-state index in [1.165, 1.54) is 50.5 Å². The summed E-state index contributed by atoms with van der Waals surface area (Å²) in [5, 5.41) is 0. The highest BCUT2D eigenvalue weighted by Gasteiger charge is 2.05. The van der Waals surface area contributed by atoms with Crippen molar-refractivity contribution in [2.75, 3.05) is 132 Å². The van der Waals surface area contributed by atoms with E-state index >= 15 is 0 Å². The number of benzene rings is 1. The molecule has 0 aliphatic heterocycles. The predicted octanol–water partition coefficient (Wildman–Crippen LogP) is 5.36. The van der Waals surface area contributed by atoms with Gasteiger partial charge in [0.2, 0.25) is 0 Å². The van der Waals surface area contributed by atoms with Crippen molar-refractivity contribution in [3.05, 3.63) is 35.4 Å². The van der Waals surface area contributed by atoms with Crippen LogP contribution in [0.2, 0.25) is 0 Å². The summed E-state index contributed by atoms with van der Waals surface area (Å²) in [6, 6.07) is 6.51. The Balaban J connectivity index is 1.81. The Hall–Kier alpha value is -1.73. The monoisotopic (exact) mass is 780 g/mol.